The molecule has 1 aromatic heterocycles. The molecule has 0 aliphatic heterocycles. The van der Waals surface area contributed by atoms with Crippen LogP contribution in [0.3, 0.4) is 0 Å². The van der Waals surface area contributed by atoms with Crippen LogP contribution in [0.2, 0.25) is 0 Å². The first-order valence-corrected chi connectivity index (χ1v) is 7.71. The minimum Gasteiger partial charge on any atom is -0.441 e. The molecule has 1 fully saturated rings. The summed E-state index contributed by atoms with van der Waals surface area (Å²) in [6.07, 6.45) is 4.49. The lowest BCUT2D eigenvalue weighted by atomic mass is 10.1. The van der Waals surface area contributed by atoms with Crippen molar-refractivity contribution in [2.24, 2.45) is 0 Å². The lowest BCUT2D eigenvalue weighted by Crippen LogP contribution is -2.38. The van der Waals surface area contributed by atoms with E-state index in [1.165, 1.54) is 12.3 Å². The van der Waals surface area contributed by atoms with E-state index in [1.807, 2.05) is 6.07 Å². The van der Waals surface area contributed by atoms with Crippen LogP contribution in [0.15, 0.2) is 47.1 Å². The second-order valence-corrected chi connectivity index (χ2v) is 5.56. The van der Waals surface area contributed by atoms with Gasteiger partial charge in [-0.1, -0.05) is 48.3 Å². The van der Waals surface area contributed by atoms with Crippen LogP contribution in [-0.4, -0.2) is 23.1 Å². The van der Waals surface area contributed by atoms with E-state index in [0.29, 0.717) is 5.56 Å². The predicted molar refractivity (Wildman–Crippen MR) is 81.5 cm³/mol. The van der Waals surface area contributed by atoms with E-state index in [1.54, 1.807) is 24.3 Å². The van der Waals surface area contributed by atoms with Gasteiger partial charge in [-0.3, -0.25) is 4.79 Å². The molecule has 2 aromatic rings. The van der Waals surface area contributed by atoms with E-state index >= 15 is 0 Å². The third-order valence-corrected chi connectivity index (χ3v) is 3.91. The Bertz CT molecular complexity index is 648. The molecule has 1 unspecified atom stereocenters. The minimum atomic E-state index is -1.01. The molecule has 1 N–H and O–H groups in total. The fraction of sp³-hybridized carbons (Fsp3) is 0.353. The van der Waals surface area contributed by atoms with Crippen LogP contribution >= 0.6 is 0 Å². The van der Waals surface area contributed by atoms with Gasteiger partial charge >= 0.3 is 5.97 Å². The molecule has 6 nitrogen and oxygen atoms in total. The van der Waals surface area contributed by atoms with E-state index in [9.17, 15) is 9.59 Å². The van der Waals surface area contributed by atoms with Crippen molar-refractivity contribution >= 4 is 11.9 Å². The molecule has 1 atom stereocenters. The number of ether oxygens (including phenoxy) is 1. The molecule has 0 radical (unpaired) electrons. The van der Waals surface area contributed by atoms with Crippen molar-refractivity contribution in [3.63, 3.8) is 0 Å². The molecule has 1 aliphatic carbocycles. The maximum absolute atomic E-state index is 12.6. The second kappa shape index (κ2) is 7.09. The number of esters is 1. The normalized spacial score (nSPS) is 16.0. The first-order valence-electron chi connectivity index (χ1n) is 7.71. The van der Waals surface area contributed by atoms with Crippen molar-refractivity contribution in [1.29, 1.82) is 0 Å². The molecular weight excluding hydrogens is 296 g/mol. The molecule has 1 aromatic carbocycles. The van der Waals surface area contributed by atoms with E-state index in [-0.39, 0.29) is 17.7 Å². The molecule has 0 spiro atoms. The van der Waals surface area contributed by atoms with Gasteiger partial charge in [0.15, 0.2) is 0 Å². The summed E-state index contributed by atoms with van der Waals surface area (Å²) in [5.74, 6) is -1.05. The number of carbonyl (C=O) groups excluding carboxylic acids is 2. The number of rotatable bonds is 5. The fourth-order valence-electron chi connectivity index (χ4n) is 2.73. The number of hydrogen-bond acceptors (Lipinski definition) is 5. The molecule has 1 heterocycles. The maximum atomic E-state index is 12.6. The Hall–Kier alpha value is -2.63. The summed E-state index contributed by atoms with van der Waals surface area (Å²) in [4.78, 5) is 24.7. The third-order valence-electron chi connectivity index (χ3n) is 3.91. The molecule has 0 saturated heterocycles. The zero-order chi connectivity index (χ0) is 16.1. The van der Waals surface area contributed by atoms with Crippen molar-refractivity contribution in [3.05, 3.63) is 53.9 Å². The molecule has 6 heteroatoms. The fourth-order valence-corrected chi connectivity index (χ4v) is 2.73. The summed E-state index contributed by atoms with van der Waals surface area (Å²) >= 11 is 0. The largest absolute Gasteiger partial charge is 0.441 e. The molecule has 120 valence electrons. The highest BCUT2D eigenvalue weighted by atomic mass is 16.6. The number of nitrogens with one attached hydrogen (secondary N) is 1. The van der Waals surface area contributed by atoms with E-state index in [0.717, 1.165) is 25.7 Å². The quantitative estimate of drug-likeness (QED) is 0.858. The zero-order valence-corrected chi connectivity index (χ0v) is 12.6. The van der Waals surface area contributed by atoms with Crippen LogP contribution in [0, 0.1) is 0 Å². The molecular formula is C17H18N2O4. The first-order chi connectivity index (χ1) is 11.2. The van der Waals surface area contributed by atoms with Crippen molar-refractivity contribution in [3.8, 4) is 0 Å². The van der Waals surface area contributed by atoms with Gasteiger partial charge in [0.25, 0.3) is 5.91 Å². The van der Waals surface area contributed by atoms with Crippen molar-refractivity contribution in [2.45, 2.75) is 37.8 Å². The monoisotopic (exact) mass is 314 g/mol. The van der Waals surface area contributed by atoms with Gasteiger partial charge < -0.3 is 14.6 Å². The van der Waals surface area contributed by atoms with Gasteiger partial charge in [0.2, 0.25) is 11.9 Å². The summed E-state index contributed by atoms with van der Waals surface area (Å²) in [5, 5.41) is 6.44. The summed E-state index contributed by atoms with van der Waals surface area (Å²) in [6, 6.07) is 10.5. The highest BCUT2D eigenvalue weighted by Gasteiger charge is 2.29. The van der Waals surface area contributed by atoms with Crippen LogP contribution in [0.4, 0.5) is 0 Å². The van der Waals surface area contributed by atoms with Crippen molar-refractivity contribution in [2.75, 3.05) is 0 Å². The average molecular weight is 314 g/mol. The Balaban J connectivity index is 1.76. The van der Waals surface area contributed by atoms with Gasteiger partial charge in [-0.15, -0.1) is 0 Å². The first kappa shape index (κ1) is 15.3. The lowest BCUT2D eigenvalue weighted by molar-refractivity contribution is -0.131. The maximum Gasteiger partial charge on any atom is 0.378 e. The Kier molecular flexibility index (Phi) is 4.71. The van der Waals surface area contributed by atoms with Crippen molar-refractivity contribution < 1.29 is 18.8 Å². The van der Waals surface area contributed by atoms with Crippen LogP contribution in [0.5, 0.6) is 0 Å². The lowest BCUT2D eigenvalue weighted by Gasteiger charge is -2.20. The number of aromatic nitrogens is 1. The molecule has 1 aliphatic rings. The highest BCUT2D eigenvalue weighted by Crippen LogP contribution is 2.22. The van der Waals surface area contributed by atoms with Gasteiger partial charge in [0, 0.05) is 17.7 Å². The smallest absolute Gasteiger partial charge is 0.378 e. The predicted octanol–water partition coefficient (Wildman–Crippen LogP) is 2.63. The Labute approximate surface area is 133 Å². The summed E-state index contributed by atoms with van der Waals surface area (Å²) < 4.78 is 10.2. The van der Waals surface area contributed by atoms with Crippen molar-refractivity contribution in [1.82, 2.24) is 10.5 Å². The number of benzene rings is 1. The standard InChI is InChI=1S/C17H18N2O4/c20-16(19-13-8-4-5-9-13)15(12-6-2-1-3-7-12)22-17(21)14-10-11-18-23-14/h1-3,6-7,10-11,13,15H,4-5,8-9H2,(H,19,20). The number of hydrogen-bond donors (Lipinski definition) is 1. The number of amides is 1. The van der Waals surface area contributed by atoms with Gasteiger partial charge in [-0.25, -0.2) is 4.79 Å². The molecule has 0 bridgehead atoms. The van der Waals surface area contributed by atoms with Crippen LogP contribution < -0.4 is 5.32 Å². The van der Waals surface area contributed by atoms with Crippen LogP contribution in [0.1, 0.15) is 47.9 Å². The SMILES string of the molecule is O=C(OC(C(=O)NC1CCCC1)c1ccccc1)c1ccno1. The summed E-state index contributed by atoms with van der Waals surface area (Å²) in [7, 11) is 0. The van der Waals surface area contributed by atoms with E-state index in [2.05, 4.69) is 10.5 Å². The Morgan fingerprint density at radius 1 is 1.17 bits per heavy atom. The highest BCUT2D eigenvalue weighted by molar-refractivity contribution is 5.90. The topological polar surface area (TPSA) is 81.4 Å². The Morgan fingerprint density at radius 2 is 1.91 bits per heavy atom. The van der Waals surface area contributed by atoms with Gasteiger partial charge in [-0.05, 0) is 12.8 Å². The summed E-state index contributed by atoms with van der Waals surface area (Å²) in [6.45, 7) is 0. The van der Waals surface area contributed by atoms with Gasteiger partial charge in [0.05, 0.1) is 6.20 Å². The average Bonchev–Trinajstić information content (AvgIpc) is 3.26. The van der Waals surface area contributed by atoms with E-state index in [4.69, 9.17) is 9.26 Å². The third kappa shape index (κ3) is 3.77. The zero-order valence-electron chi connectivity index (χ0n) is 12.6. The summed E-state index contributed by atoms with van der Waals surface area (Å²) in [5.41, 5.74) is 0.621. The van der Waals surface area contributed by atoms with E-state index < -0.39 is 12.1 Å². The van der Waals surface area contributed by atoms with Crippen LogP contribution in [-0.2, 0) is 9.53 Å². The molecule has 1 saturated carbocycles. The molecule has 23 heavy (non-hydrogen) atoms. The number of carbonyl (C=O) groups is 2. The second-order valence-electron chi connectivity index (χ2n) is 5.56. The van der Waals surface area contributed by atoms with Crippen LogP contribution in [0.25, 0.3) is 0 Å². The van der Waals surface area contributed by atoms with Gasteiger partial charge in [0.1, 0.15) is 0 Å². The Morgan fingerprint density at radius 3 is 2.57 bits per heavy atom. The molecule has 3 rings (SSSR count). The minimum absolute atomic E-state index is 0.0282. The molecule has 1 amide bonds. The number of nitrogens with zero attached hydrogens (tertiary/aromatic N) is 1. The van der Waals surface area contributed by atoms with Gasteiger partial charge in [-0.2, -0.15) is 0 Å².